The van der Waals surface area contributed by atoms with E-state index in [9.17, 15) is 0 Å². The van der Waals surface area contributed by atoms with Gasteiger partial charge in [0.2, 0.25) is 0 Å². The first-order valence-corrected chi connectivity index (χ1v) is 5.38. The standard InChI is InChI=1S/C10H18N4O/c1-14-7-12-13-10(14)3-4-11-8-5-9(6-8)15-2/h7-9,11H,3-6H2,1-2H3. The van der Waals surface area contributed by atoms with E-state index in [4.69, 9.17) is 4.74 Å². The predicted molar refractivity (Wildman–Crippen MR) is 56.5 cm³/mol. The van der Waals surface area contributed by atoms with Gasteiger partial charge < -0.3 is 14.6 Å². The Balaban J connectivity index is 1.62. The highest BCUT2D eigenvalue weighted by Gasteiger charge is 2.28. The topological polar surface area (TPSA) is 52.0 Å². The van der Waals surface area contributed by atoms with Crippen LogP contribution < -0.4 is 5.32 Å². The van der Waals surface area contributed by atoms with Crippen LogP contribution in [0.25, 0.3) is 0 Å². The van der Waals surface area contributed by atoms with E-state index in [1.54, 1.807) is 13.4 Å². The minimum absolute atomic E-state index is 0.470. The molecule has 84 valence electrons. The maximum atomic E-state index is 5.22. The zero-order chi connectivity index (χ0) is 10.7. The van der Waals surface area contributed by atoms with Crippen molar-refractivity contribution < 1.29 is 4.74 Å². The highest BCUT2D eigenvalue weighted by molar-refractivity contribution is 4.89. The van der Waals surface area contributed by atoms with Gasteiger partial charge in [0.25, 0.3) is 0 Å². The molecule has 5 heteroatoms. The average molecular weight is 210 g/mol. The number of methoxy groups -OCH3 is 1. The third-order valence-electron chi connectivity index (χ3n) is 3.01. The number of rotatable bonds is 5. The van der Waals surface area contributed by atoms with Crippen LogP contribution in [-0.4, -0.2) is 40.6 Å². The molecule has 0 amide bonds. The SMILES string of the molecule is COC1CC(NCCc2nncn2C)C1. The number of hydrogen-bond donors (Lipinski definition) is 1. The van der Waals surface area contributed by atoms with Crippen LogP contribution in [0, 0.1) is 0 Å². The zero-order valence-corrected chi connectivity index (χ0v) is 9.31. The summed E-state index contributed by atoms with van der Waals surface area (Å²) in [4.78, 5) is 0. The molecule has 1 heterocycles. The van der Waals surface area contributed by atoms with Gasteiger partial charge in [-0.05, 0) is 12.8 Å². The highest BCUT2D eigenvalue weighted by Crippen LogP contribution is 2.22. The summed E-state index contributed by atoms with van der Waals surface area (Å²) in [5.74, 6) is 1.03. The maximum absolute atomic E-state index is 5.22. The van der Waals surface area contributed by atoms with Crippen molar-refractivity contribution in [1.29, 1.82) is 0 Å². The summed E-state index contributed by atoms with van der Waals surface area (Å²) >= 11 is 0. The first-order chi connectivity index (χ1) is 7.29. The quantitative estimate of drug-likeness (QED) is 0.750. The average Bonchev–Trinajstić information content (AvgIpc) is 2.56. The van der Waals surface area contributed by atoms with E-state index in [0.717, 1.165) is 31.6 Å². The normalized spacial score (nSPS) is 25.2. The van der Waals surface area contributed by atoms with Gasteiger partial charge in [-0.15, -0.1) is 10.2 Å². The van der Waals surface area contributed by atoms with E-state index in [-0.39, 0.29) is 0 Å². The molecule has 0 bridgehead atoms. The molecule has 1 saturated carbocycles. The molecule has 0 spiro atoms. The Morgan fingerprint density at radius 1 is 1.60 bits per heavy atom. The molecule has 1 aliphatic rings. The van der Waals surface area contributed by atoms with Crippen molar-refractivity contribution in [3.63, 3.8) is 0 Å². The van der Waals surface area contributed by atoms with Gasteiger partial charge >= 0.3 is 0 Å². The van der Waals surface area contributed by atoms with Crippen LogP contribution >= 0.6 is 0 Å². The molecule has 1 aromatic rings. The highest BCUT2D eigenvalue weighted by atomic mass is 16.5. The van der Waals surface area contributed by atoms with Gasteiger partial charge in [0, 0.05) is 33.2 Å². The number of ether oxygens (including phenoxy) is 1. The van der Waals surface area contributed by atoms with Gasteiger partial charge in [0.15, 0.2) is 0 Å². The van der Waals surface area contributed by atoms with Crippen molar-refractivity contribution in [3.05, 3.63) is 12.2 Å². The lowest BCUT2D eigenvalue weighted by Gasteiger charge is -2.34. The molecule has 0 radical (unpaired) electrons. The Bertz CT molecular complexity index is 306. The van der Waals surface area contributed by atoms with Crippen molar-refractivity contribution in [2.75, 3.05) is 13.7 Å². The molecule has 0 aromatic carbocycles. The lowest BCUT2D eigenvalue weighted by atomic mass is 9.89. The number of hydrogen-bond acceptors (Lipinski definition) is 4. The summed E-state index contributed by atoms with van der Waals surface area (Å²) in [6, 6.07) is 0.628. The first-order valence-electron chi connectivity index (χ1n) is 5.38. The first kappa shape index (κ1) is 10.6. The second kappa shape index (κ2) is 4.72. The molecule has 1 aliphatic carbocycles. The van der Waals surface area contributed by atoms with Crippen molar-refractivity contribution in [1.82, 2.24) is 20.1 Å². The van der Waals surface area contributed by atoms with Crippen LogP contribution in [0.4, 0.5) is 0 Å². The van der Waals surface area contributed by atoms with Gasteiger partial charge in [0.05, 0.1) is 6.10 Å². The molecule has 0 saturated heterocycles. The second-order valence-electron chi connectivity index (χ2n) is 4.09. The molecular formula is C10H18N4O. The third kappa shape index (κ3) is 2.54. The van der Waals surface area contributed by atoms with E-state index in [0.29, 0.717) is 12.1 Å². The molecule has 0 atom stereocenters. The Labute approximate surface area is 89.8 Å². The Morgan fingerprint density at radius 2 is 2.40 bits per heavy atom. The van der Waals surface area contributed by atoms with Gasteiger partial charge in [-0.25, -0.2) is 0 Å². The van der Waals surface area contributed by atoms with Crippen LogP contribution in [-0.2, 0) is 18.2 Å². The van der Waals surface area contributed by atoms with E-state index in [1.165, 1.54) is 0 Å². The molecule has 1 N–H and O–H groups in total. The molecular weight excluding hydrogens is 192 g/mol. The number of nitrogens with one attached hydrogen (secondary N) is 1. The van der Waals surface area contributed by atoms with Crippen molar-refractivity contribution >= 4 is 0 Å². The fourth-order valence-corrected chi connectivity index (χ4v) is 1.85. The van der Waals surface area contributed by atoms with Crippen LogP contribution in [0.1, 0.15) is 18.7 Å². The molecule has 0 unspecified atom stereocenters. The van der Waals surface area contributed by atoms with Gasteiger partial charge in [0.1, 0.15) is 12.2 Å². The number of aromatic nitrogens is 3. The van der Waals surface area contributed by atoms with Crippen molar-refractivity contribution in [3.8, 4) is 0 Å². The Kier molecular flexibility index (Phi) is 3.33. The molecule has 1 fully saturated rings. The Hall–Kier alpha value is -0.940. The van der Waals surface area contributed by atoms with Crippen LogP contribution in [0.15, 0.2) is 6.33 Å². The van der Waals surface area contributed by atoms with Crippen LogP contribution in [0.5, 0.6) is 0 Å². The number of aryl methyl sites for hydroxylation is 1. The molecule has 1 aromatic heterocycles. The van der Waals surface area contributed by atoms with Crippen LogP contribution in [0.3, 0.4) is 0 Å². The summed E-state index contributed by atoms with van der Waals surface area (Å²) < 4.78 is 7.18. The molecule has 5 nitrogen and oxygen atoms in total. The smallest absolute Gasteiger partial charge is 0.133 e. The van der Waals surface area contributed by atoms with Gasteiger partial charge in [-0.3, -0.25) is 0 Å². The van der Waals surface area contributed by atoms with E-state index in [1.807, 2.05) is 11.6 Å². The summed E-state index contributed by atoms with van der Waals surface area (Å²) in [6.07, 6.45) is 5.41. The van der Waals surface area contributed by atoms with Crippen molar-refractivity contribution in [2.24, 2.45) is 7.05 Å². The third-order valence-corrected chi connectivity index (χ3v) is 3.01. The fraction of sp³-hybridized carbons (Fsp3) is 0.800. The summed E-state index contributed by atoms with van der Waals surface area (Å²) in [7, 11) is 3.75. The second-order valence-corrected chi connectivity index (χ2v) is 4.09. The maximum Gasteiger partial charge on any atom is 0.133 e. The Morgan fingerprint density at radius 3 is 3.00 bits per heavy atom. The predicted octanol–water partition coefficient (Wildman–Crippen LogP) is 0.125. The van der Waals surface area contributed by atoms with E-state index >= 15 is 0 Å². The number of nitrogens with zero attached hydrogens (tertiary/aromatic N) is 3. The van der Waals surface area contributed by atoms with E-state index in [2.05, 4.69) is 15.5 Å². The summed E-state index contributed by atoms with van der Waals surface area (Å²) in [5.41, 5.74) is 0. The minimum atomic E-state index is 0.470. The van der Waals surface area contributed by atoms with E-state index < -0.39 is 0 Å². The summed E-state index contributed by atoms with van der Waals surface area (Å²) in [5, 5.41) is 11.4. The minimum Gasteiger partial charge on any atom is -0.381 e. The van der Waals surface area contributed by atoms with Gasteiger partial charge in [-0.2, -0.15) is 0 Å². The molecule has 2 rings (SSSR count). The van der Waals surface area contributed by atoms with Crippen LogP contribution in [0.2, 0.25) is 0 Å². The fourth-order valence-electron chi connectivity index (χ4n) is 1.85. The zero-order valence-electron chi connectivity index (χ0n) is 9.31. The lowest BCUT2D eigenvalue weighted by Crippen LogP contribution is -2.45. The molecule has 0 aliphatic heterocycles. The lowest BCUT2D eigenvalue weighted by molar-refractivity contribution is 0.0176. The van der Waals surface area contributed by atoms with Gasteiger partial charge in [-0.1, -0.05) is 0 Å². The largest absolute Gasteiger partial charge is 0.381 e. The monoisotopic (exact) mass is 210 g/mol. The van der Waals surface area contributed by atoms with Crippen molar-refractivity contribution in [2.45, 2.75) is 31.4 Å². The molecule has 15 heavy (non-hydrogen) atoms. The summed E-state index contributed by atoms with van der Waals surface area (Å²) in [6.45, 7) is 0.966.